The summed E-state index contributed by atoms with van der Waals surface area (Å²) < 4.78 is 0. The van der Waals surface area contributed by atoms with E-state index in [-0.39, 0.29) is 0 Å². The van der Waals surface area contributed by atoms with E-state index in [0.29, 0.717) is 5.82 Å². The molecular weight excluding hydrogens is 260 g/mol. The Morgan fingerprint density at radius 2 is 1.76 bits per heavy atom. The van der Waals surface area contributed by atoms with Gasteiger partial charge in [0, 0.05) is 5.56 Å². The number of nitrogens with zero attached hydrogens (tertiary/aromatic N) is 3. The molecule has 0 amide bonds. The van der Waals surface area contributed by atoms with E-state index in [1.165, 1.54) is 43.4 Å². The van der Waals surface area contributed by atoms with Crippen molar-refractivity contribution in [3.8, 4) is 0 Å². The first-order valence-corrected chi connectivity index (χ1v) is 7.95. The third kappa shape index (κ3) is 4.03. The number of hydrogen-bond acceptors (Lipinski definition) is 4. The Labute approximate surface area is 128 Å². The summed E-state index contributed by atoms with van der Waals surface area (Å²) in [7, 11) is 4.27. The Bertz CT molecular complexity index is 532. The van der Waals surface area contributed by atoms with Gasteiger partial charge in [-0.25, -0.2) is 9.97 Å². The van der Waals surface area contributed by atoms with Crippen LogP contribution in [0.1, 0.15) is 56.1 Å². The van der Waals surface area contributed by atoms with Crippen molar-refractivity contribution in [3.63, 3.8) is 0 Å². The molecule has 0 fully saturated rings. The third-order valence-electron chi connectivity index (χ3n) is 4.18. The van der Waals surface area contributed by atoms with Gasteiger partial charge >= 0.3 is 0 Å². The molecule has 0 saturated carbocycles. The highest BCUT2D eigenvalue weighted by Gasteiger charge is 2.23. The normalized spacial score (nSPS) is 14.1. The van der Waals surface area contributed by atoms with Gasteiger partial charge in [-0.3, -0.25) is 0 Å². The number of unbranched alkanes of at least 4 members (excludes halogenated alkanes) is 3. The van der Waals surface area contributed by atoms with Crippen molar-refractivity contribution in [2.75, 3.05) is 26.4 Å². The molecule has 21 heavy (non-hydrogen) atoms. The summed E-state index contributed by atoms with van der Waals surface area (Å²) in [6.07, 6.45) is 7.17. The number of allylic oxidation sites excluding steroid dienone is 2. The SMILES string of the molecule is CC1=C(CCCCCCN(C)C)c2nc(C)nc(N)c2C1. The molecule has 0 unspecified atom stereocenters. The zero-order valence-electron chi connectivity index (χ0n) is 13.9. The van der Waals surface area contributed by atoms with E-state index in [1.807, 2.05) is 6.92 Å². The molecule has 1 aliphatic carbocycles. The first-order valence-electron chi connectivity index (χ1n) is 7.95. The van der Waals surface area contributed by atoms with E-state index in [0.717, 1.165) is 29.9 Å². The summed E-state index contributed by atoms with van der Waals surface area (Å²) in [5.41, 5.74) is 11.1. The Morgan fingerprint density at radius 3 is 2.48 bits per heavy atom. The molecule has 0 spiro atoms. The summed E-state index contributed by atoms with van der Waals surface area (Å²) in [5, 5.41) is 0. The van der Waals surface area contributed by atoms with Crippen LogP contribution in [0.4, 0.5) is 5.82 Å². The molecule has 1 aromatic rings. The van der Waals surface area contributed by atoms with E-state index >= 15 is 0 Å². The van der Waals surface area contributed by atoms with E-state index < -0.39 is 0 Å². The van der Waals surface area contributed by atoms with Crippen LogP contribution >= 0.6 is 0 Å². The number of anilines is 1. The lowest BCUT2D eigenvalue weighted by Crippen LogP contribution is -2.12. The van der Waals surface area contributed by atoms with Crippen LogP contribution in [-0.4, -0.2) is 35.5 Å². The number of aromatic nitrogens is 2. The summed E-state index contributed by atoms with van der Waals surface area (Å²) in [6.45, 7) is 5.31. The minimum absolute atomic E-state index is 0.665. The second kappa shape index (κ2) is 7.03. The van der Waals surface area contributed by atoms with Gasteiger partial charge in [-0.2, -0.15) is 0 Å². The second-order valence-corrected chi connectivity index (χ2v) is 6.39. The summed E-state index contributed by atoms with van der Waals surface area (Å²) in [5.74, 6) is 1.45. The van der Waals surface area contributed by atoms with E-state index in [4.69, 9.17) is 5.73 Å². The predicted molar refractivity (Wildman–Crippen MR) is 89.1 cm³/mol. The number of aryl methyl sites for hydroxylation is 1. The van der Waals surface area contributed by atoms with Crippen LogP contribution in [0, 0.1) is 6.92 Å². The number of nitrogens with two attached hydrogens (primary N) is 1. The number of rotatable bonds is 7. The summed E-state index contributed by atoms with van der Waals surface area (Å²) in [6, 6.07) is 0. The quantitative estimate of drug-likeness (QED) is 0.783. The van der Waals surface area contributed by atoms with Gasteiger partial charge in [-0.05, 0) is 65.7 Å². The van der Waals surface area contributed by atoms with Crippen LogP contribution in [0.2, 0.25) is 0 Å². The molecule has 4 nitrogen and oxygen atoms in total. The van der Waals surface area contributed by atoms with Gasteiger partial charge in [0.2, 0.25) is 0 Å². The molecule has 1 aliphatic rings. The van der Waals surface area contributed by atoms with Crippen molar-refractivity contribution in [1.82, 2.24) is 14.9 Å². The van der Waals surface area contributed by atoms with Gasteiger partial charge in [-0.1, -0.05) is 18.4 Å². The average molecular weight is 288 g/mol. The molecule has 2 rings (SSSR count). The number of hydrogen-bond donors (Lipinski definition) is 1. The molecule has 0 saturated heterocycles. The molecule has 1 aromatic heterocycles. The maximum atomic E-state index is 6.04. The van der Waals surface area contributed by atoms with Crippen molar-refractivity contribution in [1.29, 1.82) is 0 Å². The van der Waals surface area contributed by atoms with Crippen molar-refractivity contribution < 1.29 is 0 Å². The highest BCUT2D eigenvalue weighted by atomic mass is 15.0. The fourth-order valence-electron chi connectivity index (χ4n) is 3.03. The van der Waals surface area contributed by atoms with Crippen molar-refractivity contribution in [3.05, 3.63) is 22.7 Å². The van der Waals surface area contributed by atoms with Gasteiger partial charge in [0.1, 0.15) is 11.6 Å². The Morgan fingerprint density at radius 1 is 1.05 bits per heavy atom. The molecule has 1 heterocycles. The van der Waals surface area contributed by atoms with E-state index in [9.17, 15) is 0 Å². The fraction of sp³-hybridized carbons (Fsp3) is 0.647. The average Bonchev–Trinajstić information content (AvgIpc) is 2.70. The van der Waals surface area contributed by atoms with E-state index in [1.54, 1.807) is 0 Å². The number of nitrogen functional groups attached to an aromatic ring is 1. The standard InChI is InChI=1S/C17H28N4/c1-12-11-15-16(19-13(2)20-17(15)18)14(12)9-7-5-6-8-10-21(3)4/h5-11H2,1-4H3,(H2,18,19,20). The maximum absolute atomic E-state index is 6.04. The first kappa shape index (κ1) is 16.0. The third-order valence-corrected chi connectivity index (χ3v) is 4.18. The fourth-order valence-corrected chi connectivity index (χ4v) is 3.03. The largest absolute Gasteiger partial charge is 0.383 e. The molecule has 0 aromatic carbocycles. The smallest absolute Gasteiger partial charge is 0.131 e. The molecular formula is C17H28N4. The molecule has 0 radical (unpaired) electrons. The van der Waals surface area contributed by atoms with Gasteiger partial charge in [0.25, 0.3) is 0 Å². The minimum Gasteiger partial charge on any atom is -0.383 e. The molecule has 2 N–H and O–H groups in total. The first-order chi connectivity index (χ1) is 9.99. The lowest BCUT2D eigenvalue weighted by atomic mass is 10.0. The van der Waals surface area contributed by atoms with Crippen molar-refractivity contribution in [2.45, 2.75) is 52.4 Å². The molecule has 0 atom stereocenters. The van der Waals surface area contributed by atoms with Crippen LogP contribution in [0.25, 0.3) is 5.57 Å². The Balaban J connectivity index is 1.89. The van der Waals surface area contributed by atoms with Crippen molar-refractivity contribution >= 4 is 11.4 Å². The molecule has 0 bridgehead atoms. The van der Waals surface area contributed by atoms with Crippen LogP contribution in [0.15, 0.2) is 5.57 Å². The Hall–Kier alpha value is -1.42. The molecule has 116 valence electrons. The van der Waals surface area contributed by atoms with Gasteiger partial charge in [0.15, 0.2) is 0 Å². The number of fused-ring (bicyclic) bond motifs is 1. The zero-order valence-corrected chi connectivity index (χ0v) is 13.9. The second-order valence-electron chi connectivity index (χ2n) is 6.39. The van der Waals surface area contributed by atoms with Gasteiger partial charge in [0.05, 0.1) is 5.69 Å². The topological polar surface area (TPSA) is 55.0 Å². The van der Waals surface area contributed by atoms with Crippen LogP contribution in [-0.2, 0) is 6.42 Å². The van der Waals surface area contributed by atoms with Crippen LogP contribution < -0.4 is 5.73 Å². The molecule has 0 aliphatic heterocycles. The minimum atomic E-state index is 0.665. The van der Waals surface area contributed by atoms with Gasteiger partial charge in [-0.15, -0.1) is 0 Å². The maximum Gasteiger partial charge on any atom is 0.131 e. The molecule has 4 heteroatoms. The van der Waals surface area contributed by atoms with Crippen LogP contribution in [0.3, 0.4) is 0 Å². The highest BCUT2D eigenvalue weighted by molar-refractivity contribution is 5.76. The van der Waals surface area contributed by atoms with Crippen LogP contribution in [0.5, 0.6) is 0 Å². The van der Waals surface area contributed by atoms with E-state index in [2.05, 4.69) is 35.9 Å². The predicted octanol–water partition coefficient (Wildman–Crippen LogP) is 3.21. The lowest BCUT2D eigenvalue weighted by Gasteiger charge is -2.10. The highest BCUT2D eigenvalue weighted by Crippen LogP contribution is 2.36. The summed E-state index contributed by atoms with van der Waals surface area (Å²) in [4.78, 5) is 11.2. The Kier molecular flexibility index (Phi) is 5.34. The van der Waals surface area contributed by atoms with Gasteiger partial charge < -0.3 is 10.6 Å². The monoisotopic (exact) mass is 288 g/mol. The lowest BCUT2D eigenvalue weighted by molar-refractivity contribution is 0.390. The zero-order chi connectivity index (χ0) is 15.4. The summed E-state index contributed by atoms with van der Waals surface area (Å²) >= 11 is 0. The van der Waals surface area contributed by atoms with Crippen molar-refractivity contribution in [2.24, 2.45) is 0 Å².